The van der Waals surface area contributed by atoms with Gasteiger partial charge in [-0.1, -0.05) is 0 Å². The van der Waals surface area contributed by atoms with Crippen molar-refractivity contribution >= 4 is 18.3 Å². The van der Waals surface area contributed by atoms with E-state index in [-0.39, 0.29) is 0 Å². The number of nitrogens with one attached hydrogen (secondary N) is 1. The topological polar surface area (TPSA) is 23.9 Å². The summed E-state index contributed by atoms with van der Waals surface area (Å²) in [7, 11) is 0. The molecule has 0 saturated heterocycles. The Morgan fingerprint density at radius 3 is 1.60 bits per heavy atom. The Bertz CT molecular complexity index is 110. The zero-order chi connectivity index (χ0) is 8.04. The summed E-state index contributed by atoms with van der Waals surface area (Å²) in [5.74, 6) is 0. The van der Waals surface area contributed by atoms with Gasteiger partial charge < -0.3 is 0 Å². The van der Waals surface area contributed by atoms with E-state index in [1.165, 1.54) is 26.1 Å². The number of alkyl halides is 3. The van der Waals surface area contributed by atoms with Crippen LogP contribution in [0.2, 0.25) is 0 Å². The number of halogens is 1. The van der Waals surface area contributed by atoms with Crippen molar-refractivity contribution in [1.82, 2.24) is 0 Å². The molecule has 0 aromatic heterocycles. The fourth-order valence-electron chi connectivity index (χ4n) is 1.09. The third kappa shape index (κ3) is 3.64. The summed E-state index contributed by atoms with van der Waals surface area (Å²) >= 11 is -1.88. The summed E-state index contributed by atoms with van der Waals surface area (Å²) in [6, 6.07) is 0. The molecule has 0 aromatic rings. The molecule has 0 radical (unpaired) electrons. The van der Waals surface area contributed by atoms with Crippen LogP contribution < -0.4 is 0 Å². The van der Waals surface area contributed by atoms with Gasteiger partial charge in [0.15, 0.2) is 0 Å². The van der Waals surface area contributed by atoms with Gasteiger partial charge in [0.1, 0.15) is 0 Å². The second-order valence-corrected chi connectivity index (χ2v) is 11.8. The monoisotopic (exact) mass is 257 g/mol. The summed E-state index contributed by atoms with van der Waals surface area (Å²) in [6.45, 7) is 6.62. The van der Waals surface area contributed by atoms with Gasteiger partial charge in [-0.3, -0.25) is 0 Å². The van der Waals surface area contributed by atoms with Crippen molar-refractivity contribution in [2.24, 2.45) is 0 Å². The summed E-state index contributed by atoms with van der Waals surface area (Å²) in [5, 5.41) is 0. The van der Waals surface area contributed by atoms with Gasteiger partial charge in [0.25, 0.3) is 0 Å². The van der Waals surface area contributed by atoms with Crippen molar-refractivity contribution < 1.29 is 0 Å². The molecule has 1 N–H and O–H groups in total. The van der Waals surface area contributed by atoms with Crippen molar-refractivity contribution in [1.29, 1.82) is 3.56 Å². The number of hydrogen-bond donors (Lipinski definition) is 1. The number of hydrogen-bond acceptors (Lipinski definition) is 1. The van der Waals surface area contributed by atoms with Gasteiger partial charge in [-0.05, 0) is 0 Å². The van der Waals surface area contributed by atoms with Gasteiger partial charge in [-0.15, -0.1) is 0 Å². The molecule has 10 heavy (non-hydrogen) atoms. The molecule has 0 aliphatic rings. The quantitative estimate of drug-likeness (QED) is 0.574. The van der Waals surface area contributed by atoms with Crippen LogP contribution >= 0.6 is 18.3 Å². The molecule has 0 aliphatic heterocycles. The first kappa shape index (κ1) is 10.5. The standard InChI is InChI=1S/C8H20IN/c1-4-7-9(10,6-3)8-5-2/h10H,4-8H2,1-3H3. The zero-order valence-electron chi connectivity index (χ0n) is 7.41. The van der Waals surface area contributed by atoms with Crippen LogP contribution in [0.1, 0.15) is 33.6 Å². The predicted octanol–water partition coefficient (Wildman–Crippen LogP) is 3.63. The molecule has 0 unspecified atom stereocenters. The van der Waals surface area contributed by atoms with Crippen LogP contribution in [0.3, 0.4) is 0 Å². The Labute approximate surface area is 68.8 Å². The van der Waals surface area contributed by atoms with Crippen LogP contribution in [-0.4, -0.2) is 13.3 Å². The van der Waals surface area contributed by atoms with E-state index >= 15 is 0 Å². The molecular formula is C8H20IN. The van der Waals surface area contributed by atoms with E-state index in [1.807, 2.05) is 0 Å². The maximum absolute atomic E-state index is 8.15. The van der Waals surface area contributed by atoms with Crippen molar-refractivity contribution in [2.45, 2.75) is 33.6 Å². The van der Waals surface area contributed by atoms with Gasteiger partial charge in [-0.25, -0.2) is 0 Å². The first-order valence-corrected chi connectivity index (χ1v) is 9.77. The minimum absolute atomic E-state index is 1.19. The van der Waals surface area contributed by atoms with Crippen LogP contribution in [0.5, 0.6) is 0 Å². The molecular weight excluding hydrogens is 237 g/mol. The molecule has 0 saturated carbocycles. The Hall–Kier alpha value is 0.530. The summed E-state index contributed by atoms with van der Waals surface area (Å²) < 4.78 is 11.8. The summed E-state index contributed by atoms with van der Waals surface area (Å²) in [4.78, 5) is 0. The molecule has 0 spiro atoms. The van der Waals surface area contributed by atoms with Crippen molar-refractivity contribution in [2.75, 3.05) is 13.3 Å². The molecule has 0 amide bonds. The third-order valence-electron chi connectivity index (χ3n) is 1.61. The molecule has 0 fully saturated rings. The maximum atomic E-state index is 8.15. The Morgan fingerprint density at radius 1 is 1.00 bits per heavy atom. The van der Waals surface area contributed by atoms with E-state index in [1.54, 1.807) is 0 Å². The average molecular weight is 257 g/mol. The van der Waals surface area contributed by atoms with E-state index in [0.29, 0.717) is 0 Å². The minimum atomic E-state index is -1.88. The van der Waals surface area contributed by atoms with Crippen LogP contribution in [-0.2, 0) is 0 Å². The Morgan fingerprint density at radius 2 is 1.40 bits per heavy atom. The van der Waals surface area contributed by atoms with Gasteiger partial charge in [0.2, 0.25) is 0 Å². The number of rotatable bonds is 5. The fourth-order valence-corrected chi connectivity index (χ4v) is 7.28. The molecule has 0 heterocycles. The van der Waals surface area contributed by atoms with E-state index < -0.39 is 18.3 Å². The first-order chi connectivity index (χ1) is 4.68. The Kier molecular flexibility index (Phi) is 5.49. The summed E-state index contributed by atoms with van der Waals surface area (Å²) in [5.41, 5.74) is 0. The zero-order valence-corrected chi connectivity index (χ0v) is 9.57. The molecule has 0 atom stereocenters. The molecule has 2 heteroatoms. The average Bonchev–Trinajstić information content (AvgIpc) is 1.89. The molecule has 64 valence electrons. The second-order valence-electron chi connectivity index (χ2n) is 2.61. The van der Waals surface area contributed by atoms with Gasteiger partial charge in [0.05, 0.1) is 0 Å². The molecule has 0 rings (SSSR count). The van der Waals surface area contributed by atoms with Crippen molar-refractivity contribution in [3.05, 3.63) is 0 Å². The van der Waals surface area contributed by atoms with Gasteiger partial charge >= 0.3 is 68.7 Å². The molecule has 0 aliphatic carbocycles. The normalized spacial score (nSPS) is 13.5. The molecule has 0 aromatic carbocycles. The Balaban J connectivity index is 3.83. The summed E-state index contributed by atoms with van der Waals surface area (Å²) in [6.07, 6.45) is 2.46. The van der Waals surface area contributed by atoms with Crippen molar-refractivity contribution in [3.63, 3.8) is 0 Å². The first-order valence-electron chi connectivity index (χ1n) is 4.11. The van der Waals surface area contributed by atoms with Crippen LogP contribution in [0.15, 0.2) is 0 Å². The second kappa shape index (κ2) is 5.22. The third-order valence-corrected chi connectivity index (χ3v) is 10.8. The molecule has 0 bridgehead atoms. The van der Waals surface area contributed by atoms with Crippen molar-refractivity contribution in [3.8, 4) is 0 Å². The molecule has 1 nitrogen and oxygen atoms in total. The van der Waals surface area contributed by atoms with E-state index in [2.05, 4.69) is 20.8 Å². The van der Waals surface area contributed by atoms with E-state index in [0.717, 1.165) is 0 Å². The van der Waals surface area contributed by atoms with Gasteiger partial charge in [0, 0.05) is 0 Å². The van der Waals surface area contributed by atoms with Crippen LogP contribution in [0.4, 0.5) is 0 Å². The van der Waals surface area contributed by atoms with E-state index in [4.69, 9.17) is 3.56 Å². The fraction of sp³-hybridized carbons (Fsp3) is 1.00. The van der Waals surface area contributed by atoms with E-state index in [9.17, 15) is 0 Å². The van der Waals surface area contributed by atoms with Gasteiger partial charge in [-0.2, -0.15) is 0 Å². The SMILES string of the molecule is CCCI(=N)(CC)CCC. The predicted molar refractivity (Wildman–Crippen MR) is 57.6 cm³/mol. The van der Waals surface area contributed by atoms with Crippen LogP contribution in [0, 0.1) is 3.56 Å². The van der Waals surface area contributed by atoms with Crippen LogP contribution in [0.25, 0.3) is 0 Å².